The first-order chi connectivity index (χ1) is 16.2. The monoisotopic (exact) mass is 446 g/mol. The summed E-state index contributed by atoms with van der Waals surface area (Å²) in [7, 11) is 1.53. The average Bonchev–Trinajstić information content (AvgIpc) is 3.29. The number of pyridine rings is 1. The first-order valence-electron chi connectivity index (χ1n) is 10.9. The number of phenols is 1. The highest BCUT2D eigenvalue weighted by Gasteiger charge is 2.12. The number of aromatic hydroxyl groups is 1. The highest BCUT2D eigenvalue weighted by Crippen LogP contribution is 2.32. The highest BCUT2D eigenvalue weighted by molar-refractivity contribution is 5.68. The third-order valence-corrected chi connectivity index (χ3v) is 5.77. The predicted molar refractivity (Wildman–Crippen MR) is 126 cm³/mol. The predicted octanol–water partition coefficient (Wildman–Crippen LogP) is 2.92. The lowest BCUT2D eigenvalue weighted by Gasteiger charge is -2.26. The third kappa shape index (κ3) is 4.59. The normalized spacial score (nSPS) is 14.5. The summed E-state index contributed by atoms with van der Waals surface area (Å²) in [6.45, 7) is 5.39. The molecule has 9 nitrogen and oxygen atoms in total. The van der Waals surface area contributed by atoms with Gasteiger partial charge in [-0.2, -0.15) is 0 Å². The molecule has 0 atom stereocenters. The molecule has 0 unspecified atom stereocenters. The van der Waals surface area contributed by atoms with E-state index in [1.807, 2.05) is 35.0 Å². The summed E-state index contributed by atoms with van der Waals surface area (Å²) in [5.74, 6) is 1.35. The number of morpholine rings is 1. The number of hydrogen-bond acceptors (Lipinski definition) is 8. The molecule has 0 saturated carbocycles. The van der Waals surface area contributed by atoms with Crippen LogP contribution in [0.15, 0.2) is 55.1 Å². The van der Waals surface area contributed by atoms with Gasteiger partial charge in [0.15, 0.2) is 17.1 Å². The van der Waals surface area contributed by atoms with Gasteiger partial charge in [-0.15, -0.1) is 0 Å². The summed E-state index contributed by atoms with van der Waals surface area (Å²) in [4.78, 5) is 16.0. The molecule has 4 aromatic rings. The second-order valence-electron chi connectivity index (χ2n) is 7.84. The van der Waals surface area contributed by atoms with Gasteiger partial charge in [-0.25, -0.2) is 9.97 Å². The molecule has 0 aliphatic carbocycles. The minimum absolute atomic E-state index is 0.0992. The van der Waals surface area contributed by atoms with E-state index in [0.717, 1.165) is 73.4 Å². The summed E-state index contributed by atoms with van der Waals surface area (Å²) in [5, 5.41) is 13.3. The molecule has 170 valence electrons. The molecule has 0 bridgehead atoms. The molecule has 9 heteroatoms. The standard InChI is InChI=1S/C24H26N6O3/c1-32-22-12-17(2-4-21(22)31)20-14-28-24-15-26-19(16-30(20)24)18-3-5-23(27-13-18)25-6-7-29-8-10-33-11-9-29/h2-5,12-16,31H,6-11H2,1H3,(H,25,27). The number of aromatic nitrogens is 4. The zero-order valence-electron chi connectivity index (χ0n) is 18.4. The van der Waals surface area contributed by atoms with Crippen LogP contribution < -0.4 is 10.1 Å². The van der Waals surface area contributed by atoms with Crippen LogP contribution in [0.3, 0.4) is 0 Å². The van der Waals surface area contributed by atoms with Gasteiger partial charge < -0.3 is 19.9 Å². The Morgan fingerprint density at radius 2 is 1.88 bits per heavy atom. The van der Waals surface area contributed by atoms with Gasteiger partial charge in [0.05, 0.1) is 44.1 Å². The van der Waals surface area contributed by atoms with Gasteiger partial charge in [-0.3, -0.25) is 14.3 Å². The van der Waals surface area contributed by atoms with E-state index in [9.17, 15) is 5.11 Å². The number of nitrogens with zero attached hydrogens (tertiary/aromatic N) is 5. The summed E-state index contributed by atoms with van der Waals surface area (Å²) in [6.07, 6.45) is 7.29. The van der Waals surface area contributed by atoms with Crippen LogP contribution >= 0.6 is 0 Å². The van der Waals surface area contributed by atoms with Crippen LogP contribution in [-0.2, 0) is 4.74 Å². The lowest BCUT2D eigenvalue weighted by molar-refractivity contribution is 0.0398. The Labute approximate surface area is 191 Å². The average molecular weight is 447 g/mol. The van der Waals surface area contributed by atoms with Crippen molar-refractivity contribution in [3.63, 3.8) is 0 Å². The number of rotatable bonds is 7. The summed E-state index contributed by atoms with van der Waals surface area (Å²) < 4.78 is 12.6. The molecule has 5 rings (SSSR count). The third-order valence-electron chi connectivity index (χ3n) is 5.77. The molecule has 0 radical (unpaired) electrons. The Morgan fingerprint density at radius 3 is 2.67 bits per heavy atom. The molecule has 0 spiro atoms. The number of benzene rings is 1. The van der Waals surface area contributed by atoms with E-state index in [-0.39, 0.29) is 5.75 Å². The number of imidazole rings is 1. The van der Waals surface area contributed by atoms with Gasteiger partial charge >= 0.3 is 0 Å². The highest BCUT2D eigenvalue weighted by atomic mass is 16.5. The molecule has 1 aromatic carbocycles. The molecule has 33 heavy (non-hydrogen) atoms. The fourth-order valence-corrected chi connectivity index (χ4v) is 3.91. The molecule has 2 N–H and O–H groups in total. The van der Waals surface area contributed by atoms with Crippen LogP contribution in [0.5, 0.6) is 11.5 Å². The molecular formula is C24H26N6O3. The van der Waals surface area contributed by atoms with Crippen molar-refractivity contribution in [2.24, 2.45) is 0 Å². The van der Waals surface area contributed by atoms with E-state index in [4.69, 9.17) is 9.47 Å². The lowest BCUT2D eigenvalue weighted by Crippen LogP contribution is -2.39. The first kappa shape index (κ1) is 21.2. The van der Waals surface area contributed by atoms with Gasteiger partial charge in [-0.05, 0) is 30.3 Å². The van der Waals surface area contributed by atoms with Crippen LogP contribution in [0.4, 0.5) is 5.82 Å². The number of anilines is 1. The van der Waals surface area contributed by atoms with Crippen molar-refractivity contribution in [1.82, 2.24) is 24.3 Å². The van der Waals surface area contributed by atoms with Crippen molar-refractivity contribution in [2.45, 2.75) is 0 Å². The van der Waals surface area contributed by atoms with Gasteiger partial charge in [0.25, 0.3) is 0 Å². The van der Waals surface area contributed by atoms with Crippen LogP contribution in [0.1, 0.15) is 0 Å². The van der Waals surface area contributed by atoms with Crippen molar-refractivity contribution >= 4 is 11.5 Å². The Kier molecular flexibility index (Phi) is 6.05. The Hall–Kier alpha value is -3.69. The molecule has 4 heterocycles. The first-order valence-corrected chi connectivity index (χ1v) is 10.9. The van der Waals surface area contributed by atoms with Crippen molar-refractivity contribution in [2.75, 3.05) is 51.8 Å². The lowest BCUT2D eigenvalue weighted by atomic mass is 10.1. The summed E-state index contributed by atoms with van der Waals surface area (Å²) >= 11 is 0. The van der Waals surface area contributed by atoms with Crippen molar-refractivity contribution in [1.29, 1.82) is 0 Å². The van der Waals surface area contributed by atoms with E-state index in [0.29, 0.717) is 5.75 Å². The van der Waals surface area contributed by atoms with Crippen LogP contribution in [0, 0.1) is 0 Å². The fourth-order valence-electron chi connectivity index (χ4n) is 3.91. The molecular weight excluding hydrogens is 420 g/mol. The second kappa shape index (κ2) is 9.43. The Balaban J connectivity index is 1.33. The van der Waals surface area contributed by atoms with Gasteiger partial charge in [0, 0.05) is 49.7 Å². The number of nitrogens with one attached hydrogen (secondary N) is 1. The molecule has 1 aliphatic heterocycles. The van der Waals surface area contributed by atoms with Crippen LogP contribution in [0.2, 0.25) is 0 Å². The zero-order chi connectivity index (χ0) is 22.6. The second-order valence-corrected chi connectivity index (χ2v) is 7.84. The van der Waals surface area contributed by atoms with E-state index >= 15 is 0 Å². The molecule has 3 aromatic heterocycles. The SMILES string of the molecule is COc1cc(-c2cnc3cnc(-c4ccc(NCCN5CCOCC5)nc4)cn23)ccc1O. The summed E-state index contributed by atoms with van der Waals surface area (Å²) in [6, 6.07) is 9.22. The number of phenolic OH excluding ortho intramolecular Hbond substituents is 1. The van der Waals surface area contributed by atoms with E-state index in [1.54, 1.807) is 24.5 Å². The number of hydrogen-bond donors (Lipinski definition) is 2. The largest absolute Gasteiger partial charge is 0.504 e. The topological polar surface area (TPSA) is 97.0 Å². The zero-order valence-corrected chi connectivity index (χ0v) is 18.4. The van der Waals surface area contributed by atoms with E-state index in [1.165, 1.54) is 7.11 Å². The Morgan fingerprint density at radius 1 is 1.03 bits per heavy atom. The van der Waals surface area contributed by atoms with Crippen molar-refractivity contribution in [3.8, 4) is 34.0 Å². The van der Waals surface area contributed by atoms with Crippen molar-refractivity contribution in [3.05, 3.63) is 55.1 Å². The molecule has 0 amide bonds. The maximum atomic E-state index is 9.90. The number of fused-ring (bicyclic) bond motifs is 1. The minimum atomic E-state index is 0.0992. The van der Waals surface area contributed by atoms with E-state index in [2.05, 4.69) is 25.2 Å². The van der Waals surface area contributed by atoms with Crippen LogP contribution in [0.25, 0.3) is 28.2 Å². The minimum Gasteiger partial charge on any atom is -0.504 e. The molecule has 1 aliphatic rings. The van der Waals surface area contributed by atoms with Crippen LogP contribution in [-0.4, -0.2) is 75.9 Å². The van der Waals surface area contributed by atoms with Crippen molar-refractivity contribution < 1.29 is 14.6 Å². The number of ether oxygens (including phenoxy) is 2. The van der Waals surface area contributed by atoms with Gasteiger partial charge in [0.2, 0.25) is 0 Å². The molecule has 1 fully saturated rings. The van der Waals surface area contributed by atoms with E-state index < -0.39 is 0 Å². The number of methoxy groups -OCH3 is 1. The van der Waals surface area contributed by atoms with Gasteiger partial charge in [0.1, 0.15) is 5.82 Å². The summed E-state index contributed by atoms with van der Waals surface area (Å²) in [5.41, 5.74) is 4.20. The Bertz CT molecular complexity index is 1230. The maximum absolute atomic E-state index is 9.90. The van der Waals surface area contributed by atoms with Gasteiger partial charge in [-0.1, -0.05) is 0 Å². The molecule has 1 saturated heterocycles. The quantitative estimate of drug-likeness (QED) is 0.447. The maximum Gasteiger partial charge on any atom is 0.161 e. The smallest absolute Gasteiger partial charge is 0.161 e. The fraction of sp³-hybridized carbons (Fsp3) is 0.292.